The normalized spacial score (nSPS) is 10.9. The molecule has 0 amide bonds. The standard InChI is InChI=1S/C18H16FN3O4.C10H10O3/c1-10(2)18(24)26-9-11-6-13(25-3)8-16(17(11)23)22-20-14-5-4-12(19)7-15(14)21-22;11-9(10(12)13)7-6-8-4-2-1-3-5-8/h4-8,23H,1,9H2,2-3H3;1-5,7,11H,6H2,(H,12,13). The van der Waals surface area contributed by atoms with E-state index < -0.39 is 23.5 Å². The van der Waals surface area contributed by atoms with Crippen LogP contribution in [-0.2, 0) is 27.4 Å². The summed E-state index contributed by atoms with van der Waals surface area (Å²) in [6.45, 7) is 4.85. The van der Waals surface area contributed by atoms with Crippen molar-refractivity contribution in [3.63, 3.8) is 0 Å². The first-order valence-corrected chi connectivity index (χ1v) is 11.5. The third kappa shape index (κ3) is 7.65. The molecule has 10 nitrogen and oxygen atoms in total. The number of aromatic hydroxyl groups is 1. The number of hydrogen-bond donors (Lipinski definition) is 3. The molecule has 0 aliphatic rings. The molecule has 4 aromatic rings. The lowest BCUT2D eigenvalue weighted by atomic mass is 10.1. The number of methoxy groups -OCH3 is 1. The summed E-state index contributed by atoms with van der Waals surface area (Å²) in [5, 5.41) is 36.1. The van der Waals surface area contributed by atoms with Crippen LogP contribution in [0.4, 0.5) is 4.39 Å². The van der Waals surface area contributed by atoms with Crippen LogP contribution in [0.2, 0.25) is 0 Å². The van der Waals surface area contributed by atoms with Gasteiger partial charge in [-0.2, -0.15) is 0 Å². The van der Waals surface area contributed by atoms with E-state index in [2.05, 4.69) is 16.8 Å². The smallest absolute Gasteiger partial charge is 0.370 e. The van der Waals surface area contributed by atoms with Gasteiger partial charge in [0.25, 0.3) is 0 Å². The van der Waals surface area contributed by atoms with Gasteiger partial charge in [-0.05, 0) is 43.2 Å². The number of phenolic OH excluding ortho intramolecular Hbond substituents is 1. The molecular weight excluding hydrogens is 509 g/mol. The van der Waals surface area contributed by atoms with Crippen molar-refractivity contribution in [2.24, 2.45) is 0 Å². The molecule has 0 unspecified atom stereocenters. The van der Waals surface area contributed by atoms with Crippen molar-refractivity contribution in [3.05, 3.63) is 102 Å². The maximum Gasteiger partial charge on any atom is 0.370 e. The summed E-state index contributed by atoms with van der Waals surface area (Å²) in [6, 6.07) is 16.4. The number of halogens is 1. The van der Waals surface area contributed by atoms with Gasteiger partial charge in [-0.15, -0.1) is 15.0 Å². The second kappa shape index (κ2) is 12.9. The third-order valence-electron chi connectivity index (χ3n) is 5.24. The number of carbonyl (C=O) groups excluding carboxylic acids is 1. The number of carbonyl (C=O) groups is 2. The predicted octanol–water partition coefficient (Wildman–Crippen LogP) is 4.65. The van der Waals surface area contributed by atoms with Crippen LogP contribution in [0.25, 0.3) is 16.7 Å². The predicted molar refractivity (Wildman–Crippen MR) is 140 cm³/mol. The molecule has 0 bridgehead atoms. The van der Waals surface area contributed by atoms with Crippen molar-refractivity contribution in [2.45, 2.75) is 20.0 Å². The van der Waals surface area contributed by atoms with Crippen molar-refractivity contribution in [1.29, 1.82) is 0 Å². The summed E-state index contributed by atoms with van der Waals surface area (Å²) in [7, 11) is 1.46. The van der Waals surface area contributed by atoms with Gasteiger partial charge in [0, 0.05) is 23.3 Å². The largest absolute Gasteiger partial charge is 0.505 e. The molecule has 0 atom stereocenters. The number of esters is 1. The van der Waals surface area contributed by atoms with Crippen LogP contribution in [0.1, 0.15) is 18.1 Å². The van der Waals surface area contributed by atoms with Crippen molar-refractivity contribution in [2.75, 3.05) is 7.11 Å². The Bertz CT molecular complexity index is 1530. The second-order valence-electron chi connectivity index (χ2n) is 8.22. The number of aromatic nitrogens is 3. The number of phenols is 1. The lowest BCUT2D eigenvalue weighted by Gasteiger charge is -2.12. The number of aliphatic carboxylic acids is 1. The highest BCUT2D eigenvalue weighted by Crippen LogP contribution is 2.32. The molecule has 1 heterocycles. The summed E-state index contributed by atoms with van der Waals surface area (Å²) < 4.78 is 23.7. The quantitative estimate of drug-likeness (QED) is 0.167. The Morgan fingerprint density at radius 3 is 2.38 bits per heavy atom. The zero-order chi connectivity index (χ0) is 28.5. The first kappa shape index (κ1) is 28.4. The molecule has 0 radical (unpaired) electrons. The van der Waals surface area contributed by atoms with Crippen molar-refractivity contribution in [1.82, 2.24) is 15.0 Å². The highest BCUT2D eigenvalue weighted by molar-refractivity contribution is 5.87. The Morgan fingerprint density at radius 1 is 1.05 bits per heavy atom. The van der Waals surface area contributed by atoms with Gasteiger partial charge in [-0.25, -0.2) is 14.0 Å². The highest BCUT2D eigenvalue weighted by atomic mass is 19.1. The van der Waals surface area contributed by atoms with Gasteiger partial charge < -0.3 is 24.8 Å². The van der Waals surface area contributed by atoms with E-state index in [0.29, 0.717) is 28.8 Å². The van der Waals surface area contributed by atoms with E-state index in [0.717, 1.165) is 5.56 Å². The molecule has 1 aromatic heterocycles. The van der Waals surface area contributed by atoms with Gasteiger partial charge in [-0.3, -0.25) is 0 Å². The molecule has 0 fully saturated rings. The van der Waals surface area contributed by atoms with Crippen LogP contribution in [0.5, 0.6) is 11.5 Å². The number of carboxylic acids is 1. The number of aliphatic hydroxyl groups is 1. The monoisotopic (exact) mass is 535 g/mol. The maximum absolute atomic E-state index is 13.3. The maximum atomic E-state index is 13.3. The van der Waals surface area contributed by atoms with E-state index in [4.69, 9.17) is 19.7 Å². The summed E-state index contributed by atoms with van der Waals surface area (Å²) in [5.74, 6) is -2.69. The molecule has 3 N–H and O–H groups in total. The fourth-order valence-electron chi connectivity index (χ4n) is 3.21. The fraction of sp³-hybridized carbons (Fsp3) is 0.143. The van der Waals surface area contributed by atoms with E-state index in [9.17, 15) is 19.1 Å². The molecule has 0 aliphatic heterocycles. The number of rotatable bonds is 8. The van der Waals surface area contributed by atoms with E-state index in [1.807, 2.05) is 30.3 Å². The van der Waals surface area contributed by atoms with Gasteiger partial charge in [0.2, 0.25) is 0 Å². The van der Waals surface area contributed by atoms with Crippen LogP contribution in [0.15, 0.2) is 84.7 Å². The fourth-order valence-corrected chi connectivity index (χ4v) is 3.21. The molecule has 4 rings (SSSR count). The minimum atomic E-state index is -1.30. The average Bonchev–Trinajstić information content (AvgIpc) is 3.34. The third-order valence-corrected chi connectivity index (χ3v) is 5.24. The minimum Gasteiger partial charge on any atom is -0.505 e. The number of fused-ring (bicyclic) bond motifs is 1. The van der Waals surface area contributed by atoms with Crippen LogP contribution in [0, 0.1) is 5.82 Å². The number of aliphatic hydroxyl groups excluding tert-OH is 1. The molecule has 39 heavy (non-hydrogen) atoms. The van der Waals surface area contributed by atoms with E-state index >= 15 is 0 Å². The lowest BCUT2D eigenvalue weighted by Crippen LogP contribution is -2.07. The average molecular weight is 536 g/mol. The van der Waals surface area contributed by atoms with Crippen molar-refractivity contribution < 1.29 is 38.8 Å². The van der Waals surface area contributed by atoms with E-state index in [-0.39, 0.29) is 23.6 Å². The summed E-state index contributed by atoms with van der Waals surface area (Å²) in [6.07, 6.45) is 1.70. The Morgan fingerprint density at radius 2 is 1.74 bits per heavy atom. The molecule has 202 valence electrons. The van der Waals surface area contributed by atoms with E-state index in [1.165, 1.54) is 55.2 Å². The van der Waals surface area contributed by atoms with Crippen LogP contribution in [-0.4, -0.2) is 49.4 Å². The summed E-state index contributed by atoms with van der Waals surface area (Å²) >= 11 is 0. The Labute approximate surface area is 222 Å². The van der Waals surface area contributed by atoms with Gasteiger partial charge in [0.1, 0.15) is 40.6 Å². The molecule has 11 heteroatoms. The Balaban J connectivity index is 0.000000272. The molecule has 0 saturated heterocycles. The molecule has 0 aliphatic carbocycles. The molecule has 0 saturated carbocycles. The zero-order valence-corrected chi connectivity index (χ0v) is 21.2. The van der Waals surface area contributed by atoms with Crippen LogP contribution >= 0.6 is 0 Å². The first-order valence-electron chi connectivity index (χ1n) is 11.5. The lowest BCUT2D eigenvalue weighted by molar-refractivity contribution is -0.140. The van der Waals surface area contributed by atoms with Crippen molar-refractivity contribution >= 4 is 23.0 Å². The van der Waals surface area contributed by atoms with Gasteiger partial charge in [0.15, 0.2) is 5.76 Å². The van der Waals surface area contributed by atoms with Crippen LogP contribution in [0.3, 0.4) is 0 Å². The number of carboxylic acid groups (broad SMARTS) is 1. The Kier molecular flexibility index (Phi) is 9.36. The minimum absolute atomic E-state index is 0.180. The second-order valence-corrected chi connectivity index (χ2v) is 8.22. The first-order chi connectivity index (χ1) is 18.6. The number of benzene rings is 3. The number of nitrogens with zero attached hydrogens (tertiary/aromatic N) is 3. The van der Waals surface area contributed by atoms with Gasteiger partial charge in [0.05, 0.1) is 7.11 Å². The van der Waals surface area contributed by atoms with Gasteiger partial charge >= 0.3 is 11.9 Å². The summed E-state index contributed by atoms with van der Waals surface area (Å²) in [4.78, 5) is 23.0. The topological polar surface area (TPSA) is 144 Å². The number of allylic oxidation sites excluding steroid dienone is 1. The molecule has 0 spiro atoms. The molecule has 3 aromatic carbocycles. The number of ether oxygens (including phenoxy) is 2. The molecular formula is C28H26FN3O7. The Hall–Kier alpha value is -5.19. The highest BCUT2D eigenvalue weighted by Gasteiger charge is 2.17. The SMILES string of the molecule is C=C(C)C(=O)OCc1cc(OC)cc(-n2nc3ccc(F)cc3n2)c1O.O=C(O)C(O)=CCc1ccccc1. The van der Waals surface area contributed by atoms with Crippen LogP contribution < -0.4 is 4.74 Å². The van der Waals surface area contributed by atoms with E-state index in [1.54, 1.807) is 0 Å². The van der Waals surface area contributed by atoms with Gasteiger partial charge in [-0.1, -0.05) is 36.9 Å². The zero-order valence-electron chi connectivity index (χ0n) is 21.2. The van der Waals surface area contributed by atoms with Crippen molar-refractivity contribution in [3.8, 4) is 17.2 Å². The summed E-state index contributed by atoms with van der Waals surface area (Å²) in [5.41, 5.74) is 2.53. The number of hydrogen-bond acceptors (Lipinski definition) is 8.